The van der Waals surface area contributed by atoms with Crippen LogP contribution in [0.25, 0.3) is 10.9 Å². The molecule has 0 spiro atoms. The summed E-state index contributed by atoms with van der Waals surface area (Å²) in [4.78, 5) is 0. The van der Waals surface area contributed by atoms with E-state index in [-0.39, 0.29) is 0 Å². The number of hydrogen-bond donors (Lipinski definition) is 1. The van der Waals surface area contributed by atoms with Crippen LogP contribution >= 0.6 is 15.9 Å². The Kier molecular flexibility index (Phi) is 3.66. The SMILES string of the molecule is CCCn1cc(CCN)c2ccc(Br)cc21. The molecule has 0 radical (unpaired) electrons. The van der Waals surface area contributed by atoms with Crippen LogP contribution in [0.5, 0.6) is 0 Å². The van der Waals surface area contributed by atoms with Gasteiger partial charge in [-0.25, -0.2) is 0 Å². The standard InChI is InChI=1S/C13H17BrN2/c1-2-7-16-9-10(5-6-15)12-4-3-11(14)8-13(12)16/h3-4,8-9H,2,5-7,15H2,1H3. The van der Waals surface area contributed by atoms with Crippen molar-refractivity contribution in [3.63, 3.8) is 0 Å². The van der Waals surface area contributed by atoms with Crippen LogP contribution < -0.4 is 5.73 Å². The zero-order valence-electron chi connectivity index (χ0n) is 9.54. The lowest BCUT2D eigenvalue weighted by Crippen LogP contribution is -2.02. The maximum absolute atomic E-state index is 5.65. The van der Waals surface area contributed by atoms with Crippen LogP contribution in [-0.2, 0) is 13.0 Å². The lowest BCUT2D eigenvalue weighted by molar-refractivity contribution is 0.700. The molecular formula is C13H17BrN2. The fourth-order valence-corrected chi connectivity index (χ4v) is 2.47. The lowest BCUT2D eigenvalue weighted by atomic mass is 10.1. The Bertz CT molecular complexity index is 488. The molecule has 1 aromatic carbocycles. The van der Waals surface area contributed by atoms with Gasteiger partial charge < -0.3 is 10.3 Å². The van der Waals surface area contributed by atoms with Gasteiger partial charge in [-0.15, -0.1) is 0 Å². The summed E-state index contributed by atoms with van der Waals surface area (Å²) in [6.45, 7) is 3.98. The molecule has 1 aromatic heterocycles. The van der Waals surface area contributed by atoms with Crippen LogP contribution in [0.2, 0.25) is 0 Å². The van der Waals surface area contributed by atoms with Gasteiger partial charge in [-0.1, -0.05) is 28.9 Å². The van der Waals surface area contributed by atoms with E-state index in [0.29, 0.717) is 6.54 Å². The summed E-state index contributed by atoms with van der Waals surface area (Å²) in [5.41, 5.74) is 8.31. The van der Waals surface area contributed by atoms with Crippen molar-refractivity contribution in [2.24, 2.45) is 5.73 Å². The second-order valence-electron chi connectivity index (χ2n) is 4.05. The largest absolute Gasteiger partial charge is 0.347 e. The number of nitrogens with two attached hydrogens (primary N) is 1. The molecule has 0 saturated heterocycles. The average molecular weight is 281 g/mol. The monoisotopic (exact) mass is 280 g/mol. The number of rotatable bonds is 4. The number of nitrogens with zero attached hydrogens (tertiary/aromatic N) is 1. The Labute approximate surface area is 105 Å². The Morgan fingerprint density at radius 3 is 2.88 bits per heavy atom. The van der Waals surface area contributed by atoms with Crippen molar-refractivity contribution in [1.29, 1.82) is 0 Å². The van der Waals surface area contributed by atoms with Gasteiger partial charge in [0, 0.05) is 28.1 Å². The topological polar surface area (TPSA) is 30.9 Å². The van der Waals surface area contributed by atoms with Gasteiger partial charge in [-0.3, -0.25) is 0 Å². The van der Waals surface area contributed by atoms with Gasteiger partial charge >= 0.3 is 0 Å². The highest BCUT2D eigenvalue weighted by molar-refractivity contribution is 9.10. The van der Waals surface area contributed by atoms with Crippen LogP contribution in [-0.4, -0.2) is 11.1 Å². The number of benzene rings is 1. The molecule has 0 aliphatic heterocycles. The molecule has 0 aliphatic rings. The molecule has 0 unspecified atom stereocenters. The molecule has 0 aliphatic carbocycles. The Morgan fingerprint density at radius 2 is 2.19 bits per heavy atom. The van der Waals surface area contributed by atoms with E-state index in [1.165, 1.54) is 16.5 Å². The third-order valence-corrected chi connectivity index (χ3v) is 3.30. The molecule has 0 fully saturated rings. The molecule has 16 heavy (non-hydrogen) atoms. The van der Waals surface area contributed by atoms with Gasteiger partial charge in [0.25, 0.3) is 0 Å². The second kappa shape index (κ2) is 5.02. The molecule has 2 aromatic rings. The first-order valence-corrected chi connectivity index (χ1v) is 6.53. The molecule has 0 amide bonds. The van der Waals surface area contributed by atoms with Gasteiger partial charge in [0.05, 0.1) is 0 Å². The fourth-order valence-electron chi connectivity index (χ4n) is 2.12. The quantitative estimate of drug-likeness (QED) is 0.915. The van der Waals surface area contributed by atoms with Crippen molar-refractivity contribution in [1.82, 2.24) is 4.57 Å². The summed E-state index contributed by atoms with van der Waals surface area (Å²) >= 11 is 3.53. The Morgan fingerprint density at radius 1 is 1.38 bits per heavy atom. The molecule has 2 nitrogen and oxygen atoms in total. The Hall–Kier alpha value is -0.800. The highest BCUT2D eigenvalue weighted by Gasteiger charge is 2.07. The number of aryl methyl sites for hydroxylation is 1. The Balaban J connectivity index is 2.56. The maximum Gasteiger partial charge on any atom is 0.0494 e. The number of fused-ring (bicyclic) bond motifs is 1. The minimum atomic E-state index is 0.710. The summed E-state index contributed by atoms with van der Waals surface area (Å²) in [5, 5.41) is 1.34. The molecule has 2 rings (SSSR count). The van der Waals surface area contributed by atoms with Crippen LogP contribution in [0.3, 0.4) is 0 Å². The van der Waals surface area contributed by atoms with E-state index in [9.17, 15) is 0 Å². The minimum Gasteiger partial charge on any atom is -0.347 e. The van der Waals surface area contributed by atoms with Crippen molar-refractivity contribution >= 4 is 26.8 Å². The van der Waals surface area contributed by atoms with Gasteiger partial charge in [0.15, 0.2) is 0 Å². The van der Waals surface area contributed by atoms with Crippen LogP contribution in [0.15, 0.2) is 28.9 Å². The molecule has 0 saturated carbocycles. The number of aromatic nitrogens is 1. The van der Waals surface area contributed by atoms with Crippen molar-refractivity contribution in [3.8, 4) is 0 Å². The van der Waals surface area contributed by atoms with E-state index < -0.39 is 0 Å². The predicted octanol–water partition coefficient (Wildman–Crippen LogP) is 3.32. The highest BCUT2D eigenvalue weighted by atomic mass is 79.9. The van der Waals surface area contributed by atoms with Gasteiger partial charge in [-0.05, 0) is 37.1 Å². The van der Waals surface area contributed by atoms with Crippen molar-refractivity contribution in [2.75, 3.05) is 6.54 Å². The van der Waals surface area contributed by atoms with Crippen LogP contribution in [0, 0.1) is 0 Å². The molecule has 0 bridgehead atoms. The molecule has 0 atom stereocenters. The zero-order valence-corrected chi connectivity index (χ0v) is 11.1. The minimum absolute atomic E-state index is 0.710. The molecule has 1 heterocycles. The van der Waals surface area contributed by atoms with Crippen LogP contribution in [0.1, 0.15) is 18.9 Å². The second-order valence-corrected chi connectivity index (χ2v) is 4.96. The number of hydrogen-bond acceptors (Lipinski definition) is 1. The fraction of sp³-hybridized carbons (Fsp3) is 0.385. The van der Waals surface area contributed by atoms with Crippen molar-refractivity contribution in [2.45, 2.75) is 26.3 Å². The lowest BCUT2D eigenvalue weighted by Gasteiger charge is -2.02. The van der Waals surface area contributed by atoms with E-state index in [1.54, 1.807) is 0 Å². The summed E-state index contributed by atoms with van der Waals surface area (Å²) in [6, 6.07) is 6.46. The normalized spacial score (nSPS) is 11.2. The van der Waals surface area contributed by atoms with Crippen molar-refractivity contribution < 1.29 is 0 Å². The first kappa shape index (κ1) is 11.7. The van der Waals surface area contributed by atoms with Crippen molar-refractivity contribution in [3.05, 3.63) is 34.4 Å². The maximum atomic E-state index is 5.65. The average Bonchev–Trinajstić information content (AvgIpc) is 2.58. The first-order chi connectivity index (χ1) is 7.76. The first-order valence-electron chi connectivity index (χ1n) is 5.73. The molecular weight excluding hydrogens is 264 g/mol. The van der Waals surface area contributed by atoms with E-state index in [4.69, 9.17) is 5.73 Å². The summed E-state index contributed by atoms with van der Waals surface area (Å²) in [7, 11) is 0. The van der Waals surface area contributed by atoms with E-state index in [1.807, 2.05) is 0 Å². The van der Waals surface area contributed by atoms with Gasteiger partial charge in [-0.2, -0.15) is 0 Å². The molecule has 86 valence electrons. The summed E-state index contributed by atoms with van der Waals surface area (Å²) in [6.07, 6.45) is 4.35. The number of halogens is 1. The summed E-state index contributed by atoms with van der Waals surface area (Å²) < 4.78 is 3.46. The van der Waals surface area contributed by atoms with E-state index >= 15 is 0 Å². The highest BCUT2D eigenvalue weighted by Crippen LogP contribution is 2.25. The third-order valence-electron chi connectivity index (χ3n) is 2.81. The van der Waals surface area contributed by atoms with E-state index in [2.05, 4.69) is 51.8 Å². The van der Waals surface area contributed by atoms with E-state index in [0.717, 1.165) is 23.9 Å². The zero-order chi connectivity index (χ0) is 11.5. The van der Waals surface area contributed by atoms with Crippen LogP contribution in [0.4, 0.5) is 0 Å². The third kappa shape index (κ3) is 2.15. The molecule has 2 N–H and O–H groups in total. The summed E-state index contributed by atoms with van der Waals surface area (Å²) in [5.74, 6) is 0. The van der Waals surface area contributed by atoms with Gasteiger partial charge in [0.1, 0.15) is 0 Å². The smallest absolute Gasteiger partial charge is 0.0494 e. The predicted molar refractivity (Wildman–Crippen MR) is 72.7 cm³/mol. The van der Waals surface area contributed by atoms with Gasteiger partial charge in [0.2, 0.25) is 0 Å². The molecule has 3 heteroatoms.